The summed E-state index contributed by atoms with van der Waals surface area (Å²) in [6.45, 7) is 6.26. The maximum absolute atomic E-state index is 11.5. The van der Waals surface area contributed by atoms with Crippen molar-refractivity contribution in [2.45, 2.75) is 38.7 Å². The molecule has 0 radical (unpaired) electrons. The summed E-state index contributed by atoms with van der Waals surface area (Å²) in [5.41, 5.74) is 1.85. The molecule has 2 aromatic carbocycles. The summed E-state index contributed by atoms with van der Waals surface area (Å²) >= 11 is 0. The van der Waals surface area contributed by atoms with Crippen LogP contribution in [0, 0.1) is 0 Å². The molecule has 0 heterocycles. The summed E-state index contributed by atoms with van der Waals surface area (Å²) in [6.07, 6.45) is -0.555. The van der Waals surface area contributed by atoms with Crippen LogP contribution in [0.1, 0.15) is 31.9 Å². The van der Waals surface area contributed by atoms with Crippen molar-refractivity contribution in [1.82, 2.24) is 0 Å². The monoisotopic (exact) mass is 298 g/mol. The Bertz CT molecular complexity index is 627. The first kappa shape index (κ1) is 16.1. The van der Waals surface area contributed by atoms with Gasteiger partial charge in [0.15, 0.2) is 6.10 Å². The Morgan fingerprint density at radius 3 is 2.23 bits per heavy atom. The Hall–Kier alpha value is -2.29. The second kappa shape index (κ2) is 6.65. The van der Waals surface area contributed by atoms with Gasteiger partial charge in [-0.1, -0.05) is 69.3 Å². The number of carboxylic acid groups (broad SMARTS) is 1. The lowest BCUT2D eigenvalue weighted by molar-refractivity contribution is -0.145. The first-order chi connectivity index (χ1) is 10.4. The van der Waals surface area contributed by atoms with E-state index in [1.807, 2.05) is 54.6 Å². The fourth-order valence-electron chi connectivity index (χ4n) is 2.35. The van der Waals surface area contributed by atoms with Gasteiger partial charge in [-0.2, -0.15) is 0 Å². The van der Waals surface area contributed by atoms with E-state index in [0.29, 0.717) is 12.2 Å². The first-order valence-electron chi connectivity index (χ1n) is 7.41. The quantitative estimate of drug-likeness (QED) is 0.905. The van der Waals surface area contributed by atoms with E-state index >= 15 is 0 Å². The van der Waals surface area contributed by atoms with E-state index in [2.05, 4.69) is 20.8 Å². The van der Waals surface area contributed by atoms with Crippen LogP contribution in [0.5, 0.6) is 5.75 Å². The SMILES string of the molecule is CC(C)(C)c1ccccc1O[C@@H](Cc1ccccc1)C(=O)O. The molecule has 0 aliphatic carbocycles. The highest BCUT2D eigenvalue weighted by Crippen LogP contribution is 2.31. The van der Waals surface area contributed by atoms with Gasteiger partial charge in [0.25, 0.3) is 0 Å². The zero-order valence-corrected chi connectivity index (χ0v) is 13.2. The molecule has 0 aromatic heterocycles. The predicted molar refractivity (Wildman–Crippen MR) is 87.3 cm³/mol. The molecule has 0 saturated carbocycles. The van der Waals surface area contributed by atoms with Gasteiger partial charge >= 0.3 is 5.97 Å². The molecule has 0 saturated heterocycles. The summed E-state index contributed by atoms with van der Waals surface area (Å²) in [7, 11) is 0. The highest BCUT2D eigenvalue weighted by Gasteiger charge is 2.24. The number of rotatable bonds is 5. The molecule has 22 heavy (non-hydrogen) atoms. The van der Waals surface area contributed by atoms with E-state index in [-0.39, 0.29) is 5.41 Å². The molecule has 1 N–H and O–H groups in total. The van der Waals surface area contributed by atoms with Gasteiger partial charge in [0, 0.05) is 6.42 Å². The largest absolute Gasteiger partial charge is 0.478 e. The minimum atomic E-state index is -0.951. The maximum Gasteiger partial charge on any atom is 0.345 e. The van der Waals surface area contributed by atoms with Crippen LogP contribution in [0.15, 0.2) is 54.6 Å². The molecular weight excluding hydrogens is 276 g/mol. The zero-order chi connectivity index (χ0) is 16.2. The molecule has 0 fully saturated rings. The summed E-state index contributed by atoms with van der Waals surface area (Å²) in [5.74, 6) is -0.314. The number of ether oxygens (including phenoxy) is 1. The third kappa shape index (κ3) is 4.10. The van der Waals surface area contributed by atoms with Crippen molar-refractivity contribution in [3.8, 4) is 5.75 Å². The van der Waals surface area contributed by atoms with Gasteiger partial charge in [-0.05, 0) is 22.6 Å². The van der Waals surface area contributed by atoms with Crippen molar-refractivity contribution in [2.24, 2.45) is 0 Å². The van der Waals surface area contributed by atoms with Crippen molar-refractivity contribution < 1.29 is 14.6 Å². The lowest BCUT2D eigenvalue weighted by Crippen LogP contribution is -2.30. The third-order valence-corrected chi connectivity index (χ3v) is 3.50. The topological polar surface area (TPSA) is 46.5 Å². The molecule has 0 amide bonds. The number of hydrogen-bond acceptors (Lipinski definition) is 2. The van der Waals surface area contributed by atoms with Gasteiger partial charge < -0.3 is 9.84 Å². The molecule has 2 aromatic rings. The molecule has 0 aliphatic rings. The summed E-state index contributed by atoms with van der Waals surface area (Å²) < 4.78 is 5.84. The fourth-order valence-corrected chi connectivity index (χ4v) is 2.35. The summed E-state index contributed by atoms with van der Waals surface area (Å²) in [5, 5.41) is 9.46. The Kier molecular flexibility index (Phi) is 4.86. The number of hydrogen-bond donors (Lipinski definition) is 1. The molecule has 2 rings (SSSR count). The highest BCUT2D eigenvalue weighted by molar-refractivity contribution is 5.73. The minimum Gasteiger partial charge on any atom is -0.478 e. The van der Waals surface area contributed by atoms with E-state index in [1.54, 1.807) is 0 Å². The zero-order valence-electron chi connectivity index (χ0n) is 13.2. The second-order valence-electron chi connectivity index (χ2n) is 6.38. The van der Waals surface area contributed by atoms with Gasteiger partial charge in [0.05, 0.1) is 0 Å². The van der Waals surface area contributed by atoms with Crippen LogP contribution < -0.4 is 4.74 Å². The number of carboxylic acids is 1. The third-order valence-electron chi connectivity index (χ3n) is 3.50. The number of aliphatic carboxylic acids is 1. The van der Waals surface area contributed by atoms with Crippen LogP contribution in [-0.2, 0) is 16.6 Å². The Morgan fingerprint density at radius 2 is 1.64 bits per heavy atom. The van der Waals surface area contributed by atoms with Crippen LogP contribution >= 0.6 is 0 Å². The number of carbonyl (C=O) groups is 1. The van der Waals surface area contributed by atoms with Crippen molar-refractivity contribution in [3.63, 3.8) is 0 Å². The average Bonchev–Trinajstić information content (AvgIpc) is 2.47. The minimum absolute atomic E-state index is 0.105. The van der Waals surface area contributed by atoms with Crippen molar-refractivity contribution in [3.05, 3.63) is 65.7 Å². The van der Waals surface area contributed by atoms with Crippen LogP contribution in [-0.4, -0.2) is 17.2 Å². The number of benzene rings is 2. The maximum atomic E-state index is 11.5. The molecule has 116 valence electrons. The smallest absolute Gasteiger partial charge is 0.345 e. The van der Waals surface area contributed by atoms with Crippen molar-refractivity contribution >= 4 is 5.97 Å². The van der Waals surface area contributed by atoms with Crippen molar-refractivity contribution in [2.75, 3.05) is 0 Å². The molecule has 0 unspecified atom stereocenters. The Labute approximate surface area is 131 Å². The van der Waals surface area contributed by atoms with Gasteiger partial charge in [-0.3, -0.25) is 0 Å². The van der Waals surface area contributed by atoms with E-state index < -0.39 is 12.1 Å². The first-order valence-corrected chi connectivity index (χ1v) is 7.41. The highest BCUT2D eigenvalue weighted by atomic mass is 16.5. The lowest BCUT2D eigenvalue weighted by atomic mass is 9.86. The van der Waals surface area contributed by atoms with Crippen LogP contribution in [0.4, 0.5) is 0 Å². The Morgan fingerprint density at radius 1 is 1.05 bits per heavy atom. The van der Waals surface area contributed by atoms with Crippen LogP contribution in [0.25, 0.3) is 0 Å². The predicted octanol–water partition coefficient (Wildman–Crippen LogP) is 4.06. The van der Waals surface area contributed by atoms with E-state index in [0.717, 1.165) is 11.1 Å². The van der Waals surface area contributed by atoms with E-state index in [4.69, 9.17) is 4.74 Å². The number of para-hydroxylation sites is 1. The molecule has 0 bridgehead atoms. The van der Waals surface area contributed by atoms with Crippen LogP contribution in [0.3, 0.4) is 0 Å². The van der Waals surface area contributed by atoms with Gasteiger partial charge in [-0.25, -0.2) is 4.79 Å². The van der Waals surface area contributed by atoms with Gasteiger partial charge in [0.2, 0.25) is 0 Å². The molecular formula is C19H22O3. The average molecular weight is 298 g/mol. The standard InChI is InChI=1S/C19H22O3/c1-19(2,3)15-11-7-8-12-16(15)22-17(18(20)21)13-14-9-5-4-6-10-14/h4-12,17H,13H2,1-3H3,(H,20,21)/t17-/m0/s1. The van der Waals surface area contributed by atoms with E-state index in [9.17, 15) is 9.90 Å². The summed E-state index contributed by atoms with van der Waals surface area (Å²) in [6, 6.07) is 17.2. The Balaban J connectivity index is 2.24. The second-order valence-corrected chi connectivity index (χ2v) is 6.38. The van der Waals surface area contributed by atoms with E-state index in [1.165, 1.54) is 0 Å². The lowest BCUT2D eigenvalue weighted by Gasteiger charge is -2.24. The molecule has 3 nitrogen and oxygen atoms in total. The van der Waals surface area contributed by atoms with Gasteiger partial charge in [-0.15, -0.1) is 0 Å². The van der Waals surface area contributed by atoms with Crippen molar-refractivity contribution in [1.29, 1.82) is 0 Å². The summed E-state index contributed by atoms with van der Waals surface area (Å²) in [4.78, 5) is 11.5. The molecule has 0 spiro atoms. The molecule has 3 heteroatoms. The van der Waals surface area contributed by atoms with Crippen LogP contribution in [0.2, 0.25) is 0 Å². The normalized spacial score (nSPS) is 12.7. The fraction of sp³-hybridized carbons (Fsp3) is 0.316. The molecule has 0 aliphatic heterocycles. The van der Waals surface area contributed by atoms with Gasteiger partial charge in [0.1, 0.15) is 5.75 Å². The molecule has 1 atom stereocenters.